The van der Waals surface area contributed by atoms with Crippen LogP contribution in [0.5, 0.6) is 0 Å². The van der Waals surface area contributed by atoms with Crippen molar-refractivity contribution in [2.45, 2.75) is 32.4 Å². The van der Waals surface area contributed by atoms with E-state index in [1.807, 2.05) is 0 Å². The lowest BCUT2D eigenvalue weighted by Gasteiger charge is -2.18. The summed E-state index contributed by atoms with van der Waals surface area (Å²) in [5.41, 5.74) is 0.419. The summed E-state index contributed by atoms with van der Waals surface area (Å²) >= 11 is 1.51. The Kier molecular flexibility index (Phi) is 4.91. The lowest BCUT2D eigenvalue weighted by Crippen LogP contribution is -2.26. The second kappa shape index (κ2) is 5.67. The van der Waals surface area contributed by atoms with E-state index in [-0.39, 0.29) is 15.7 Å². The van der Waals surface area contributed by atoms with Crippen molar-refractivity contribution in [1.29, 1.82) is 0 Å². The Hall–Kier alpha value is -0.460. The Morgan fingerprint density at radius 3 is 2.33 bits per heavy atom. The highest BCUT2D eigenvalue weighted by molar-refractivity contribution is 9.10. The van der Waals surface area contributed by atoms with Crippen LogP contribution in [0, 0.1) is 11.6 Å². The zero-order valence-corrected chi connectivity index (χ0v) is 13.0. The van der Waals surface area contributed by atoms with E-state index in [9.17, 15) is 13.3 Å². The van der Waals surface area contributed by atoms with Crippen molar-refractivity contribution in [2.75, 3.05) is 0 Å². The number of nitrogens with zero attached hydrogens (tertiary/aromatic N) is 1. The third-order valence-electron chi connectivity index (χ3n) is 2.14. The maximum atomic E-state index is 13.6. The molecule has 0 heterocycles. The van der Waals surface area contributed by atoms with E-state index in [1.165, 1.54) is 6.07 Å². The number of hydrogen-bond donors (Lipinski definition) is 0. The first-order valence-electron chi connectivity index (χ1n) is 5.25. The Bertz CT molecular complexity index is 486. The first-order valence-corrected chi connectivity index (χ1v) is 7.15. The summed E-state index contributed by atoms with van der Waals surface area (Å²) in [4.78, 5) is 0. The van der Waals surface area contributed by atoms with Crippen molar-refractivity contribution in [1.82, 2.24) is 0 Å². The number of hydrogen-bond acceptors (Lipinski definition) is 2. The van der Waals surface area contributed by atoms with Gasteiger partial charge >= 0.3 is 0 Å². The number of halogens is 3. The molecule has 0 aliphatic heterocycles. The largest absolute Gasteiger partial charge is 0.591 e. The minimum atomic E-state index is -1.48. The minimum Gasteiger partial charge on any atom is -0.591 e. The Balaban J connectivity index is 3.15. The van der Waals surface area contributed by atoms with E-state index < -0.39 is 27.7 Å². The first-order chi connectivity index (χ1) is 8.12. The van der Waals surface area contributed by atoms with Gasteiger partial charge in [0.15, 0.2) is 0 Å². The van der Waals surface area contributed by atoms with E-state index in [4.69, 9.17) is 0 Å². The molecular weight excluding hydrogens is 324 g/mol. The normalized spacial score (nSPS) is 14.8. The lowest BCUT2D eigenvalue weighted by atomic mass is 10.1. The van der Waals surface area contributed by atoms with Gasteiger partial charge in [0.1, 0.15) is 27.7 Å². The lowest BCUT2D eigenvalue weighted by molar-refractivity contribution is 0.561. The molecule has 0 saturated heterocycles. The zero-order chi connectivity index (χ0) is 14.1. The molecule has 1 aromatic carbocycles. The van der Waals surface area contributed by atoms with Gasteiger partial charge in [-0.3, -0.25) is 0 Å². The van der Waals surface area contributed by atoms with Crippen molar-refractivity contribution < 1.29 is 13.3 Å². The molecule has 1 rings (SSSR count). The summed E-state index contributed by atoms with van der Waals surface area (Å²) in [7, 11) is 0. The van der Waals surface area contributed by atoms with Crippen LogP contribution in [0.1, 0.15) is 33.3 Å². The molecule has 1 aromatic rings. The Morgan fingerprint density at radius 1 is 1.28 bits per heavy atom. The summed E-state index contributed by atoms with van der Waals surface area (Å²) in [5.74, 6) is -1.40. The van der Waals surface area contributed by atoms with Gasteiger partial charge in [0.2, 0.25) is 0 Å². The van der Waals surface area contributed by atoms with Crippen molar-refractivity contribution in [3.8, 4) is 0 Å². The van der Waals surface area contributed by atoms with Crippen molar-refractivity contribution in [3.63, 3.8) is 0 Å². The fourth-order valence-corrected chi connectivity index (χ4v) is 2.07. The van der Waals surface area contributed by atoms with Crippen LogP contribution in [-0.2, 0) is 11.4 Å². The predicted molar refractivity (Wildman–Crippen MR) is 74.2 cm³/mol. The molecular formula is C12H14BrF2NOS. The van der Waals surface area contributed by atoms with Crippen LogP contribution in [0.15, 0.2) is 21.0 Å². The van der Waals surface area contributed by atoms with Crippen LogP contribution in [0.25, 0.3) is 0 Å². The summed E-state index contributed by atoms with van der Waals surface area (Å²) in [6, 6.07) is 2.07. The van der Waals surface area contributed by atoms with Gasteiger partial charge in [-0.1, -0.05) is 4.40 Å². The molecule has 0 aliphatic carbocycles. The van der Waals surface area contributed by atoms with E-state index in [0.29, 0.717) is 0 Å². The van der Waals surface area contributed by atoms with E-state index in [2.05, 4.69) is 20.3 Å². The summed E-state index contributed by atoms with van der Waals surface area (Å²) in [6.07, 6.45) is 0. The number of rotatable bonds is 2. The molecule has 0 aromatic heterocycles. The SMILES string of the molecule is CC(=N[S+]([O-])C(C)(C)C)c1cc(Br)c(F)cc1F. The molecule has 0 saturated carbocycles. The highest BCUT2D eigenvalue weighted by atomic mass is 79.9. The van der Waals surface area contributed by atoms with Crippen molar-refractivity contribution >= 4 is 33.0 Å². The standard InChI is InChI=1S/C12H14BrF2NOS/c1-7(16-18(17)12(2,3)4)8-5-9(13)11(15)6-10(8)14/h5-6H,1-4H3. The summed E-state index contributed by atoms with van der Waals surface area (Å²) in [6.45, 7) is 6.87. The fourth-order valence-electron chi connectivity index (χ4n) is 1.11. The molecule has 100 valence electrons. The molecule has 0 aliphatic rings. The molecule has 0 spiro atoms. The van der Waals surface area contributed by atoms with Crippen LogP contribution >= 0.6 is 15.9 Å². The molecule has 18 heavy (non-hydrogen) atoms. The van der Waals surface area contributed by atoms with Crippen LogP contribution in [0.2, 0.25) is 0 Å². The second-order valence-corrected chi connectivity index (χ2v) is 7.54. The van der Waals surface area contributed by atoms with Crippen molar-refractivity contribution in [3.05, 3.63) is 33.8 Å². The van der Waals surface area contributed by atoms with Gasteiger partial charge in [0.25, 0.3) is 0 Å². The van der Waals surface area contributed by atoms with E-state index >= 15 is 0 Å². The monoisotopic (exact) mass is 337 g/mol. The molecule has 0 fully saturated rings. The summed E-state index contributed by atoms with van der Waals surface area (Å²) < 4.78 is 42.1. The van der Waals surface area contributed by atoms with Gasteiger partial charge in [0, 0.05) is 11.6 Å². The zero-order valence-electron chi connectivity index (χ0n) is 10.6. The highest BCUT2D eigenvalue weighted by Crippen LogP contribution is 2.23. The second-order valence-electron chi connectivity index (χ2n) is 4.78. The molecule has 6 heteroatoms. The number of benzene rings is 1. The van der Waals surface area contributed by atoms with Crippen molar-refractivity contribution in [2.24, 2.45) is 4.40 Å². The van der Waals surface area contributed by atoms with Crippen LogP contribution in [-0.4, -0.2) is 15.0 Å². The average molecular weight is 338 g/mol. The minimum absolute atomic E-state index is 0.140. The van der Waals surface area contributed by atoms with Gasteiger partial charge < -0.3 is 4.55 Å². The molecule has 0 radical (unpaired) electrons. The molecule has 0 bridgehead atoms. The molecule has 1 unspecified atom stereocenters. The van der Waals surface area contributed by atoms with Gasteiger partial charge in [-0.25, -0.2) is 8.78 Å². The molecule has 1 atom stereocenters. The smallest absolute Gasteiger partial charge is 0.144 e. The van der Waals surface area contributed by atoms with Gasteiger partial charge in [-0.15, -0.1) is 0 Å². The average Bonchev–Trinajstić information content (AvgIpc) is 2.21. The highest BCUT2D eigenvalue weighted by Gasteiger charge is 2.27. The van der Waals surface area contributed by atoms with Gasteiger partial charge in [0.05, 0.1) is 10.2 Å². The third kappa shape index (κ3) is 3.76. The Labute approximate surface area is 117 Å². The first kappa shape index (κ1) is 15.6. The quantitative estimate of drug-likeness (QED) is 0.456. The van der Waals surface area contributed by atoms with E-state index in [0.717, 1.165) is 6.07 Å². The molecule has 0 N–H and O–H groups in total. The maximum Gasteiger partial charge on any atom is 0.144 e. The molecule has 0 amide bonds. The van der Waals surface area contributed by atoms with Crippen LogP contribution in [0.4, 0.5) is 8.78 Å². The molecule has 2 nitrogen and oxygen atoms in total. The van der Waals surface area contributed by atoms with E-state index in [1.54, 1.807) is 27.7 Å². The summed E-state index contributed by atoms with van der Waals surface area (Å²) in [5, 5.41) is 0. The third-order valence-corrected chi connectivity index (χ3v) is 4.24. The van der Waals surface area contributed by atoms with Gasteiger partial charge in [-0.05, 0) is 49.7 Å². The topological polar surface area (TPSA) is 35.4 Å². The van der Waals surface area contributed by atoms with Gasteiger partial charge in [-0.2, -0.15) is 0 Å². The predicted octanol–water partition coefficient (Wildman–Crippen LogP) is 4.00. The maximum absolute atomic E-state index is 13.6. The van der Waals surface area contributed by atoms with Crippen LogP contribution < -0.4 is 0 Å². The van der Waals surface area contributed by atoms with Crippen LogP contribution in [0.3, 0.4) is 0 Å². The fraction of sp³-hybridized carbons (Fsp3) is 0.417. The Morgan fingerprint density at radius 2 is 1.83 bits per heavy atom.